The largest absolute Gasteiger partial charge is 0.652 e. The second kappa shape index (κ2) is 5.70. The van der Waals surface area contributed by atoms with Gasteiger partial charge < -0.3 is 19.7 Å². The minimum absolute atomic E-state index is 0.510. The predicted octanol–water partition coefficient (Wildman–Crippen LogP) is 1.18. The minimum atomic E-state index is -2.33. The summed E-state index contributed by atoms with van der Waals surface area (Å²) in [5.41, 5.74) is 0.588. The lowest BCUT2D eigenvalue weighted by molar-refractivity contribution is -0.415. The van der Waals surface area contributed by atoms with E-state index in [0.717, 1.165) is 24.4 Å². The van der Waals surface area contributed by atoms with Crippen LogP contribution in [0, 0.1) is 23.2 Å². The zero-order chi connectivity index (χ0) is 14.0. The Hall–Kier alpha value is -0.770. The molecule has 0 aliphatic heterocycles. The summed E-state index contributed by atoms with van der Waals surface area (Å²) >= 11 is 0. The van der Waals surface area contributed by atoms with E-state index in [4.69, 9.17) is 19.7 Å². The summed E-state index contributed by atoms with van der Waals surface area (Å²) in [4.78, 5) is 8.33. The maximum absolute atomic E-state index is 8.33. The first-order valence-corrected chi connectivity index (χ1v) is 7.44. The van der Waals surface area contributed by atoms with Crippen LogP contribution < -0.4 is 10.2 Å². The second-order valence-corrected chi connectivity index (χ2v) is 6.63. The average molecular weight is 268 g/mol. The Labute approximate surface area is 115 Å². The van der Waals surface area contributed by atoms with Crippen molar-refractivity contribution in [2.75, 3.05) is 6.61 Å². The first-order chi connectivity index (χ1) is 8.95. The van der Waals surface area contributed by atoms with Crippen LogP contribution in [0.2, 0.25) is 0 Å². The smallest absolute Gasteiger partial charge is 0.0603 e. The van der Waals surface area contributed by atoms with Gasteiger partial charge in [-0.05, 0) is 81.7 Å². The molecule has 19 heavy (non-hydrogen) atoms. The summed E-state index contributed by atoms with van der Waals surface area (Å²) in [5, 5.41) is 16.7. The van der Waals surface area contributed by atoms with E-state index in [2.05, 4.69) is 13.8 Å². The molecule has 1 unspecified atom stereocenters. The van der Waals surface area contributed by atoms with E-state index in [0.29, 0.717) is 11.5 Å². The van der Waals surface area contributed by atoms with Gasteiger partial charge in [0.15, 0.2) is 0 Å². The normalized spacial score (nSPS) is 40.4. The molecule has 4 bridgehead atoms. The van der Waals surface area contributed by atoms with Crippen molar-refractivity contribution in [2.45, 2.75) is 58.5 Å². The van der Waals surface area contributed by atoms with Crippen LogP contribution in [0.3, 0.4) is 0 Å². The van der Waals surface area contributed by atoms with Gasteiger partial charge in [-0.2, -0.15) is 0 Å². The van der Waals surface area contributed by atoms with Gasteiger partial charge in [0.25, 0.3) is 0 Å². The second-order valence-electron chi connectivity index (χ2n) is 6.63. The Morgan fingerprint density at radius 2 is 1.53 bits per heavy atom. The molecule has 4 heteroatoms. The molecule has 4 saturated carbocycles. The minimum Gasteiger partial charge on any atom is -0.652 e. The van der Waals surface area contributed by atoms with E-state index < -0.39 is 6.16 Å². The molecule has 4 fully saturated rings. The monoisotopic (exact) mass is 268 g/mol. The molecule has 0 spiro atoms. The molecular weight excluding hydrogens is 244 g/mol. The fourth-order valence-electron chi connectivity index (χ4n) is 5.10. The number of carboxylic acid groups (broad SMARTS) is 2. The Kier molecular flexibility index (Phi) is 4.39. The lowest BCUT2D eigenvalue weighted by Crippen LogP contribution is -2.51. The van der Waals surface area contributed by atoms with Crippen molar-refractivity contribution >= 4 is 6.16 Å². The van der Waals surface area contributed by atoms with Crippen molar-refractivity contribution in [1.82, 2.24) is 0 Å². The molecule has 110 valence electrons. The molecule has 4 aliphatic rings. The maximum atomic E-state index is 8.33. The SMILES string of the molecule is CCOC(C)C12CC3CC(CC(C3)C1)C2.O=C([O-])[O-]. The molecule has 0 N–H and O–H groups in total. The van der Waals surface area contributed by atoms with Crippen molar-refractivity contribution in [1.29, 1.82) is 0 Å². The van der Waals surface area contributed by atoms with Crippen molar-refractivity contribution in [3.8, 4) is 0 Å². The number of ether oxygens (including phenoxy) is 1. The van der Waals surface area contributed by atoms with Crippen LogP contribution in [0.5, 0.6) is 0 Å². The Morgan fingerprint density at radius 3 is 1.84 bits per heavy atom. The molecule has 0 radical (unpaired) electrons. The van der Waals surface area contributed by atoms with Gasteiger partial charge in [-0.3, -0.25) is 0 Å². The number of carbonyl (C=O) groups is 1. The molecule has 4 nitrogen and oxygen atoms in total. The standard InChI is InChI=1S/C14H24O.CH2O3/c1-3-15-10(2)14-7-11-4-12(8-14)6-13(5-11)9-14;2-1(3)4/h10-13H,3-9H2,1-2H3;(H2,2,3,4)/p-2. The van der Waals surface area contributed by atoms with Gasteiger partial charge in [-0.25, -0.2) is 0 Å². The third-order valence-corrected chi connectivity index (χ3v) is 5.36. The van der Waals surface area contributed by atoms with Gasteiger partial charge in [0, 0.05) is 6.61 Å². The van der Waals surface area contributed by atoms with Crippen LogP contribution in [0.1, 0.15) is 52.4 Å². The van der Waals surface area contributed by atoms with Gasteiger partial charge in [0.2, 0.25) is 0 Å². The summed E-state index contributed by atoms with van der Waals surface area (Å²) in [7, 11) is 0. The lowest BCUT2D eigenvalue weighted by Gasteiger charge is -2.58. The van der Waals surface area contributed by atoms with Crippen molar-refractivity contribution in [2.24, 2.45) is 23.2 Å². The summed E-state index contributed by atoms with van der Waals surface area (Å²) < 4.78 is 5.93. The molecule has 1 atom stereocenters. The lowest BCUT2D eigenvalue weighted by atomic mass is 9.48. The Balaban J connectivity index is 0.000000297. The van der Waals surface area contributed by atoms with Crippen molar-refractivity contribution in [3.05, 3.63) is 0 Å². The van der Waals surface area contributed by atoms with Crippen molar-refractivity contribution in [3.63, 3.8) is 0 Å². The van der Waals surface area contributed by atoms with Crippen LogP contribution in [0.4, 0.5) is 4.79 Å². The number of rotatable bonds is 3. The molecule has 0 amide bonds. The zero-order valence-electron chi connectivity index (χ0n) is 11.9. The fourth-order valence-corrected chi connectivity index (χ4v) is 5.10. The molecule has 0 aromatic rings. The fraction of sp³-hybridized carbons (Fsp3) is 0.933. The summed E-state index contributed by atoms with van der Waals surface area (Å²) in [6, 6.07) is 0. The van der Waals surface area contributed by atoms with Crippen LogP contribution in [-0.4, -0.2) is 18.9 Å². The van der Waals surface area contributed by atoms with Crippen LogP contribution in [0.25, 0.3) is 0 Å². The number of hydrogen-bond acceptors (Lipinski definition) is 4. The van der Waals surface area contributed by atoms with E-state index in [9.17, 15) is 0 Å². The molecule has 4 rings (SSSR count). The molecule has 0 heterocycles. The summed E-state index contributed by atoms with van der Waals surface area (Å²) in [5.74, 6) is 3.16. The van der Waals surface area contributed by atoms with E-state index in [1.54, 1.807) is 0 Å². The number of carbonyl (C=O) groups excluding carboxylic acids is 1. The van der Waals surface area contributed by atoms with Gasteiger partial charge >= 0.3 is 0 Å². The average Bonchev–Trinajstić information content (AvgIpc) is 2.26. The highest BCUT2D eigenvalue weighted by Gasteiger charge is 2.53. The third-order valence-electron chi connectivity index (χ3n) is 5.36. The van der Waals surface area contributed by atoms with Crippen LogP contribution in [-0.2, 0) is 4.74 Å². The van der Waals surface area contributed by atoms with E-state index in [1.807, 2.05) is 0 Å². The highest BCUT2D eigenvalue weighted by atomic mass is 16.6. The first-order valence-electron chi connectivity index (χ1n) is 7.44. The zero-order valence-corrected chi connectivity index (χ0v) is 11.9. The molecule has 0 aromatic heterocycles. The van der Waals surface area contributed by atoms with Crippen molar-refractivity contribution < 1.29 is 19.7 Å². The van der Waals surface area contributed by atoms with E-state index in [1.165, 1.54) is 38.5 Å². The summed E-state index contributed by atoms with van der Waals surface area (Å²) in [6.07, 6.45) is 7.21. The predicted molar refractivity (Wildman–Crippen MR) is 67.1 cm³/mol. The quantitative estimate of drug-likeness (QED) is 0.770. The number of hydrogen-bond donors (Lipinski definition) is 0. The van der Waals surface area contributed by atoms with Crippen LogP contribution >= 0.6 is 0 Å². The Bertz CT molecular complexity index is 287. The Morgan fingerprint density at radius 1 is 1.16 bits per heavy atom. The maximum Gasteiger partial charge on any atom is 0.0603 e. The molecule has 0 saturated heterocycles. The van der Waals surface area contributed by atoms with Crippen LogP contribution in [0.15, 0.2) is 0 Å². The molecule has 0 aromatic carbocycles. The third kappa shape index (κ3) is 3.22. The van der Waals surface area contributed by atoms with Gasteiger partial charge in [0.05, 0.1) is 6.10 Å². The van der Waals surface area contributed by atoms with Gasteiger partial charge in [-0.1, -0.05) is 0 Å². The highest BCUT2D eigenvalue weighted by molar-refractivity contribution is 5.47. The summed E-state index contributed by atoms with van der Waals surface area (Å²) in [6.45, 7) is 5.36. The highest BCUT2D eigenvalue weighted by Crippen LogP contribution is 2.61. The topological polar surface area (TPSA) is 72.4 Å². The van der Waals surface area contributed by atoms with E-state index in [-0.39, 0.29) is 0 Å². The van der Waals surface area contributed by atoms with E-state index >= 15 is 0 Å². The van der Waals surface area contributed by atoms with Gasteiger partial charge in [-0.15, -0.1) is 0 Å². The first kappa shape index (κ1) is 14.6. The molecule has 4 aliphatic carbocycles. The molecular formula is C15H24O4-2. The van der Waals surface area contributed by atoms with Gasteiger partial charge in [0.1, 0.15) is 0 Å².